The van der Waals surface area contributed by atoms with Crippen LogP contribution in [0, 0.1) is 0 Å². The quantitative estimate of drug-likeness (QED) is 0.417. The van der Waals surface area contributed by atoms with E-state index in [0.717, 1.165) is 28.2 Å². The molecule has 0 amide bonds. The molecule has 0 fully saturated rings. The van der Waals surface area contributed by atoms with Gasteiger partial charge in [-0.15, -0.1) is 0 Å². The van der Waals surface area contributed by atoms with E-state index in [-0.39, 0.29) is 5.56 Å². The van der Waals surface area contributed by atoms with Crippen molar-refractivity contribution >= 4 is 22.8 Å². The Morgan fingerprint density at radius 1 is 1.04 bits per heavy atom. The Labute approximate surface area is 153 Å². The molecule has 7 heteroatoms. The minimum Gasteiger partial charge on any atom is -0.497 e. The first-order valence-electron chi connectivity index (χ1n) is 8.03. The number of hydrogen-bond donors (Lipinski definition) is 2. The molecule has 0 aliphatic carbocycles. The molecule has 0 atom stereocenters. The number of benzene rings is 2. The third kappa shape index (κ3) is 3.48. The normalized spacial score (nSPS) is 11.0. The van der Waals surface area contributed by atoms with E-state index in [9.17, 15) is 4.79 Å². The van der Waals surface area contributed by atoms with Crippen LogP contribution in [0.2, 0.25) is 0 Å². The van der Waals surface area contributed by atoms with Crippen LogP contribution in [0.5, 0.6) is 5.75 Å². The molecule has 0 aliphatic rings. The number of ether oxygens (including phenoxy) is 1. The summed E-state index contributed by atoms with van der Waals surface area (Å²) in [5, 5.41) is 0.559. The highest BCUT2D eigenvalue weighted by atomic mass is 32.2. The van der Waals surface area contributed by atoms with Gasteiger partial charge in [0.05, 0.1) is 29.6 Å². The van der Waals surface area contributed by atoms with Crippen molar-refractivity contribution in [1.82, 2.24) is 19.9 Å². The Morgan fingerprint density at radius 2 is 1.85 bits per heavy atom. The lowest BCUT2D eigenvalue weighted by atomic mass is 10.1. The summed E-state index contributed by atoms with van der Waals surface area (Å²) in [6.07, 6.45) is 0. The lowest BCUT2D eigenvalue weighted by Crippen LogP contribution is -2.08. The van der Waals surface area contributed by atoms with Gasteiger partial charge in [-0.25, -0.2) is 9.97 Å². The van der Waals surface area contributed by atoms with Crippen molar-refractivity contribution in [2.75, 3.05) is 7.11 Å². The van der Waals surface area contributed by atoms with Gasteiger partial charge in [0, 0.05) is 11.6 Å². The first kappa shape index (κ1) is 16.4. The minimum atomic E-state index is -0.182. The number of hydrogen-bond acceptors (Lipinski definition) is 5. The number of para-hydroxylation sites is 2. The minimum absolute atomic E-state index is 0.182. The molecule has 0 saturated carbocycles. The molecule has 0 radical (unpaired) electrons. The van der Waals surface area contributed by atoms with Gasteiger partial charge >= 0.3 is 0 Å². The largest absolute Gasteiger partial charge is 0.497 e. The molecule has 2 heterocycles. The Bertz CT molecular complexity index is 1070. The van der Waals surface area contributed by atoms with Crippen LogP contribution in [0.15, 0.2) is 64.5 Å². The van der Waals surface area contributed by atoms with Crippen molar-refractivity contribution in [1.29, 1.82) is 0 Å². The van der Waals surface area contributed by atoms with Gasteiger partial charge in [0.2, 0.25) is 0 Å². The molecule has 6 nitrogen and oxygen atoms in total. The van der Waals surface area contributed by atoms with Crippen LogP contribution in [0.1, 0.15) is 5.82 Å². The molecule has 2 aromatic heterocycles. The van der Waals surface area contributed by atoms with Gasteiger partial charge in [-0.3, -0.25) is 4.79 Å². The Kier molecular flexibility index (Phi) is 4.45. The molecule has 2 aromatic carbocycles. The van der Waals surface area contributed by atoms with Crippen molar-refractivity contribution in [3.63, 3.8) is 0 Å². The van der Waals surface area contributed by atoms with Crippen LogP contribution in [-0.4, -0.2) is 27.0 Å². The monoisotopic (exact) mass is 364 g/mol. The topological polar surface area (TPSA) is 83.7 Å². The summed E-state index contributed by atoms with van der Waals surface area (Å²) >= 11 is 1.43. The van der Waals surface area contributed by atoms with E-state index < -0.39 is 0 Å². The fourth-order valence-corrected chi connectivity index (χ4v) is 3.37. The summed E-state index contributed by atoms with van der Waals surface area (Å²) in [5.74, 6) is 2.19. The highest BCUT2D eigenvalue weighted by Gasteiger charge is 2.08. The molecule has 26 heavy (non-hydrogen) atoms. The molecule has 0 unspecified atom stereocenters. The molecule has 130 valence electrons. The SMILES string of the molecule is COc1ccc(-c2cc(=O)[nH]c(SCc3nc4ccccc4[nH]3)n2)cc1. The van der Waals surface area contributed by atoms with Crippen LogP contribution in [0.4, 0.5) is 0 Å². The van der Waals surface area contributed by atoms with Crippen molar-refractivity contribution in [3.05, 3.63) is 70.8 Å². The van der Waals surface area contributed by atoms with E-state index in [0.29, 0.717) is 16.6 Å². The highest BCUT2D eigenvalue weighted by Crippen LogP contribution is 2.23. The average Bonchev–Trinajstić information content (AvgIpc) is 3.09. The number of aromatic amines is 2. The van der Waals surface area contributed by atoms with Crippen molar-refractivity contribution in [2.45, 2.75) is 10.9 Å². The predicted molar refractivity (Wildman–Crippen MR) is 103 cm³/mol. The lowest BCUT2D eigenvalue weighted by molar-refractivity contribution is 0.415. The maximum Gasteiger partial charge on any atom is 0.252 e. The number of aromatic nitrogens is 4. The van der Waals surface area contributed by atoms with E-state index in [1.165, 1.54) is 17.8 Å². The van der Waals surface area contributed by atoms with Gasteiger partial charge in [-0.05, 0) is 36.4 Å². The lowest BCUT2D eigenvalue weighted by Gasteiger charge is -2.05. The standard InChI is InChI=1S/C19H16N4O2S/c1-25-13-8-6-12(7-9-13)16-10-18(24)23-19(22-16)26-11-17-20-14-4-2-3-5-15(14)21-17/h2-10H,11H2,1H3,(H,20,21)(H,22,23,24). The second-order valence-electron chi connectivity index (χ2n) is 5.65. The second kappa shape index (κ2) is 7.05. The van der Waals surface area contributed by atoms with Gasteiger partial charge in [-0.2, -0.15) is 0 Å². The van der Waals surface area contributed by atoms with Crippen molar-refractivity contribution < 1.29 is 4.74 Å². The number of fused-ring (bicyclic) bond motifs is 1. The van der Waals surface area contributed by atoms with E-state index in [1.54, 1.807) is 7.11 Å². The number of methoxy groups -OCH3 is 1. The van der Waals surface area contributed by atoms with Gasteiger partial charge in [0.15, 0.2) is 5.16 Å². The van der Waals surface area contributed by atoms with Crippen LogP contribution < -0.4 is 10.3 Å². The maximum absolute atomic E-state index is 12.0. The van der Waals surface area contributed by atoms with Gasteiger partial charge in [0.1, 0.15) is 11.6 Å². The first-order valence-corrected chi connectivity index (χ1v) is 9.02. The average molecular weight is 364 g/mol. The number of H-pyrrole nitrogens is 2. The molecular formula is C19H16N4O2S. The summed E-state index contributed by atoms with van der Waals surface area (Å²) in [7, 11) is 1.62. The maximum atomic E-state index is 12.0. The molecule has 0 bridgehead atoms. The fourth-order valence-electron chi connectivity index (χ4n) is 2.62. The van der Waals surface area contributed by atoms with Crippen LogP contribution in [-0.2, 0) is 5.75 Å². The molecule has 0 saturated heterocycles. The van der Waals surface area contributed by atoms with Gasteiger partial charge in [0.25, 0.3) is 5.56 Å². The Balaban J connectivity index is 1.56. The zero-order valence-electron chi connectivity index (χ0n) is 14.0. The van der Waals surface area contributed by atoms with Crippen LogP contribution >= 0.6 is 11.8 Å². The van der Waals surface area contributed by atoms with Gasteiger partial charge < -0.3 is 14.7 Å². The second-order valence-corrected chi connectivity index (χ2v) is 6.62. The molecule has 0 spiro atoms. The first-order chi connectivity index (χ1) is 12.7. The molecular weight excluding hydrogens is 348 g/mol. The summed E-state index contributed by atoms with van der Waals surface area (Å²) < 4.78 is 5.16. The summed E-state index contributed by atoms with van der Waals surface area (Å²) in [5.41, 5.74) is 3.23. The highest BCUT2D eigenvalue weighted by molar-refractivity contribution is 7.98. The summed E-state index contributed by atoms with van der Waals surface area (Å²) in [6.45, 7) is 0. The number of rotatable bonds is 5. The molecule has 4 rings (SSSR count). The zero-order valence-corrected chi connectivity index (χ0v) is 14.8. The smallest absolute Gasteiger partial charge is 0.252 e. The molecule has 2 N–H and O–H groups in total. The Morgan fingerprint density at radius 3 is 2.62 bits per heavy atom. The van der Waals surface area contributed by atoms with Crippen molar-refractivity contribution in [3.8, 4) is 17.0 Å². The number of imidazole rings is 1. The summed E-state index contributed by atoms with van der Waals surface area (Å²) in [4.78, 5) is 27.1. The number of nitrogens with zero attached hydrogens (tertiary/aromatic N) is 2. The van der Waals surface area contributed by atoms with Gasteiger partial charge in [-0.1, -0.05) is 23.9 Å². The zero-order chi connectivity index (χ0) is 17.9. The Hall–Kier alpha value is -3.06. The molecule has 4 aromatic rings. The fraction of sp³-hybridized carbons (Fsp3) is 0.105. The third-order valence-electron chi connectivity index (χ3n) is 3.89. The third-order valence-corrected chi connectivity index (χ3v) is 4.77. The van der Waals surface area contributed by atoms with Crippen LogP contribution in [0.3, 0.4) is 0 Å². The van der Waals surface area contributed by atoms with Crippen LogP contribution in [0.25, 0.3) is 22.3 Å². The van der Waals surface area contributed by atoms with Crippen molar-refractivity contribution in [2.24, 2.45) is 0 Å². The number of nitrogens with one attached hydrogen (secondary N) is 2. The number of thioether (sulfide) groups is 1. The van der Waals surface area contributed by atoms with E-state index in [2.05, 4.69) is 19.9 Å². The summed E-state index contributed by atoms with van der Waals surface area (Å²) in [6, 6.07) is 16.8. The molecule has 0 aliphatic heterocycles. The van der Waals surface area contributed by atoms with E-state index >= 15 is 0 Å². The predicted octanol–water partition coefficient (Wildman–Crippen LogP) is 3.61. The van der Waals surface area contributed by atoms with E-state index in [1.807, 2.05) is 48.5 Å². The van der Waals surface area contributed by atoms with E-state index in [4.69, 9.17) is 4.74 Å².